The van der Waals surface area contributed by atoms with Crippen LogP contribution in [0.4, 0.5) is 10.3 Å². The Kier molecular flexibility index (Phi) is 4.21. The average Bonchev–Trinajstić information content (AvgIpc) is 2.99. The zero-order chi connectivity index (χ0) is 17.6. The molecule has 3 heterocycles. The number of aromatic nitrogens is 4. The fourth-order valence-electron chi connectivity index (χ4n) is 3.06. The molecular formula is C15H19ClFN5O2. The molecule has 1 fully saturated rings. The number of anilines is 1. The van der Waals surface area contributed by atoms with Crippen molar-refractivity contribution in [1.82, 2.24) is 19.5 Å². The van der Waals surface area contributed by atoms with Gasteiger partial charge in [0.25, 0.3) is 0 Å². The van der Waals surface area contributed by atoms with E-state index < -0.39 is 11.9 Å². The number of hydrogen-bond donors (Lipinski definition) is 1. The highest BCUT2D eigenvalue weighted by molar-refractivity contribution is 6.33. The van der Waals surface area contributed by atoms with Crippen molar-refractivity contribution in [3.63, 3.8) is 0 Å². The van der Waals surface area contributed by atoms with Gasteiger partial charge in [0.05, 0.1) is 12.4 Å². The number of carbonyl (C=O) groups is 1. The number of alkyl halides is 1. The van der Waals surface area contributed by atoms with Crippen LogP contribution < -0.4 is 5.32 Å². The molecule has 1 amide bonds. The minimum Gasteiger partial charge on any atom is -0.351 e. The van der Waals surface area contributed by atoms with Gasteiger partial charge in [-0.1, -0.05) is 25.4 Å². The first-order valence-corrected chi connectivity index (χ1v) is 8.15. The molecule has 0 aliphatic carbocycles. The van der Waals surface area contributed by atoms with Gasteiger partial charge in [-0.3, -0.25) is 14.7 Å². The van der Waals surface area contributed by atoms with Crippen LogP contribution in [0.3, 0.4) is 0 Å². The molecule has 1 aliphatic rings. The first-order valence-electron chi connectivity index (χ1n) is 7.77. The van der Waals surface area contributed by atoms with Crippen molar-refractivity contribution >= 4 is 34.6 Å². The predicted molar refractivity (Wildman–Crippen MR) is 87.5 cm³/mol. The molecule has 1 aliphatic heterocycles. The highest BCUT2D eigenvalue weighted by atomic mass is 35.5. The van der Waals surface area contributed by atoms with E-state index in [9.17, 15) is 4.79 Å². The molecule has 0 radical (unpaired) electrons. The van der Waals surface area contributed by atoms with Gasteiger partial charge in [-0.25, -0.2) is 9.37 Å². The van der Waals surface area contributed by atoms with Crippen molar-refractivity contribution in [3.05, 3.63) is 11.5 Å². The number of nitrogens with one attached hydrogen (secondary N) is 1. The number of nitrogens with zero attached hydrogens (tertiary/aromatic N) is 4. The number of amides is 1. The lowest BCUT2D eigenvalue weighted by atomic mass is 9.88. The quantitative estimate of drug-likeness (QED) is 0.855. The number of fused-ring (bicyclic) bond motifs is 1. The smallest absolute Gasteiger partial charge is 0.232 e. The second-order valence-electron chi connectivity index (χ2n) is 6.22. The Balaban J connectivity index is 2.10. The molecule has 0 unspecified atom stereocenters. The number of rotatable bonds is 3. The third-order valence-electron chi connectivity index (χ3n) is 4.56. The molecule has 0 saturated carbocycles. The summed E-state index contributed by atoms with van der Waals surface area (Å²) in [6, 6.07) is 0. The van der Waals surface area contributed by atoms with Crippen molar-refractivity contribution in [2.45, 2.75) is 52.1 Å². The van der Waals surface area contributed by atoms with Crippen LogP contribution >= 0.6 is 11.6 Å². The van der Waals surface area contributed by atoms with Gasteiger partial charge < -0.3 is 4.74 Å². The Morgan fingerprint density at radius 1 is 1.54 bits per heavy atom. The van der Waals surface area contributed by atoms with Crippen LogP contribution in [0.1, 0.15) is 40.3 Å². The fourth-order valence-corrected chi connectivity index (χ4v) is 3.27. The molecule has 0 bridgehead atoms. The molecule has 2 aromatic rings. The first-order chi connectivity index (χ1) is 11.3. The third-order valence-corrected chi connectivity index (χ3v) is 4.82. The van der Waals surface area contributed by atoms with E-state index in [-0.39, 0.29) is 29.0 Å². The lowest BCUT2D eigenvalue weighted by molar-refractivity contribution is -0.114. The summed E-state index contributed by atoms with van der Waals surface area (Å²) < 4.78 is 22.7. The van der Waals surface area contributed by atoms with E-state index in [0.29, 0.717) is 17.6 Å². The molecule has 24 heavy (non-hydrogen) atoms. The zero-order valence-electron chi connectivity index (χ0n) is 13.9. The second kappa shape index (κ2) is 5.93. The number of imidazole rings is 1. The van der Waals surface area contributed by atoms with Gasteiger partial charge in [-0.2, -0.15) is 9.97 Å². The van der Waals surface area contributed by atoms with Gasteiger partial charge in [-0.15, -0.1) is 0 Å². The van der Waals surface area contributed by atoms with Gasteiger partial charge >= 0.3 is 0 Å². The fraction of sp³-hybridized carbons (Fsp3) is 0.600. The summed E-state index contributed by atoms with van der Waals surface area (Å²) in [7, 11) is 0. The Morgan fingerprint density at radius 2 is 2.25 bits per heavy atom. The summed E-state index contributed by atoms with van der Waals surface area (Å²) in [4.78, 5) is 23.6. The number of halogens is 2. The lowest BCUT2D eigenvalue weighted by Gasteiger charge is -2.25. The summed E-state index contributed by atoms with van der Waals surface area (Å²) in [6.45, 7) is 6.64. The van der Waals surface area contributed by atoms with Crippen LogP contribution in [0.25, 0.3) is 11.2 Å². The molecule has 4 atom stereocenters. The Hall–Kier alpha value is -1.80. The minimum atomic E-state index is -1.60. The maximum atomic E-state index is 15.3. The molecule has 1 N–H and O–H groups in total. The van der Waals surface area contributed by atoms with E-state index in [1.165, 1.54) is 24.7 Å². The van der Waals surface area contributed by atoms with Gasteiger partial charge in [0.1, 0.15) is 5.52 Å². The summed E-state index contributed by atoms with van der Waals surface area (Å²) in [5.74, 6) is -0.568. The van der Waals surface area contributed by atoms with Crippen LogP contribution in [0, 0.1) is 5.92 Å². The maximum Gasteiger partial charge on any atom is 0.232 e. The van der Waals surface area contributed by atoms with Crippen LogP contribution in [-0.4, -0.2) is 37.2 Å². The second-order valence-corrected chi connectivity index (χ2v) is 6.58. The van der Waals surface area contributed by atoms with E-state index in [2.05, 4.69) is 20.3 Å². The lowest BCUT2D eigenvalue weighted by Crippen LogP contribution is -2.33. The molecule has 0 spiro atoms. The summed E-state index contributed by atoms with van der Waals surface area (Å²) in [5, 5.41) is 2.56. The molecule has 2 aromatic heterocycles. The number of hydrogen-bond acceptors (Lipinski definition) is 5. The molecular weight excluding hydrogens is 337 g/mol. The molecule has 7 nitrogen and oxygen atoms in total. The largest absolute Gasteiger partial charge is 0.351 e. The highest BCUT2D eigenvalue weighted by Crippen LogP contribution is 2.47. The van der Waals surface area contributed by atoms with Crippen molar-refractivity contribution < 1.29 is 13.9 Å². The van der Waals surface area contributed by atoms with Crippen LogP contribution in [0.2, 0.25) is 5.15 Å². The van der Waals surface area contributed by atoms with Gasteiger partial charge in [-0.05, 0) is 13.3 Å². The normalized spacial score (nSPS) is 30.0. The summed E-state index contributed by atoms with van der Waals surface area (Å²) >= 11 is 6.11. The monoisotopic (exact) mass is 355 g/mol. The van der Waals surface area contributed by atoms with Crippen LogP contribution in [0.5, 0.6) is 0 Å². The van der Waals surface area contributed by atoms with Crippen molar-refractivity contribution in [1.29, 1.82) is 0 Å². The van der Waals surface area contributed by atoms with E-state index in [1.807, 2.05) is 13.8 Å². The topological polar surface area (TPSA) is 81.9 Å². The van der Waals surface area contributed by atoms with Crippen LogP contribution in [-0.2, 0) is 9.53 Å². The molecule has 1 saturated heterocycles. The Morgan fingerprint density at radius 3 is 2.83 bits per heavy atom. The van der Waals surface area contributed by atoms with Crippen molar-refractivity contribution in [2.75, 3.05) is 5.32 Å². The van der Waals surface area contributed by atoms with E-state index in [4.69, 9.17) is 16.3 Å². The molecule has 3 rings (SSSR count). The van der Waals surface area contributed by atoms with Crippen LogP contribution in [0.15, 0.2) is 6.33 Å². The SMILES string of the molecule is CC[C@H]1O[C@@H](n2cnc3c(Cl)nc(NC(C)=O)nc32)[C@](C)(F)[C@@H]1C. The summed E-state index contributed by atoms with van der Waals surface area (Å²) in [5.41, 5.74) is -0.950. The summed E-state index contributed by atoms with van der Waals surface area (Å²) in [6.07, 6.45) is 1.07. The third kappa shape index (κ3) is 2.63. The maximum absolute atomic E-state index is 15.3. The molecule has 0 aromatic carbocycles. The number of carbonyl (C=O) groups excluding carboxylic acids is 1. The van der Waals surface area contributed by atoms with Gasteiger partial charge in [0.15, 0.2) is 22.7 Å². The average molecular weight is 356 g/mol. The zero-order valence-corrected chi connectivity index (χ0v) is 14.6. The van der Waals surface area contributed by atoms with Gasteiger partial charge in [0.2, 0.25) is 11.9 Å². The van der Waals surface area contributed by atoms with E-state index in [1.54, 1.807) is 0 Å². The van der Waals surface area contributed by atoms with E-state index in [0.717, 1.165) is 0 Å². The highest BCUT2D eigenvalue weighted by Gasteiger charge is 2.52. The first kappa shape index (κ1) is 17.0. The van der Waals surface area contributed by atoms with Crippen molar-refractivity contribution in [2.24, 2.45) is 5.92 Å². The molecule has 130 valence electrons. The Bertz CT molecular complexity index is 794. The number of ether oxygens (including phenoxy) is 1. The molecule has 9 heteroatoms. The standard InChI is InChI=1S/C15H19ClFN5O2/c1-5-9-7(2)15(4,17)13(24-9)22-6-18-10-11(16)20-14(19-8(3)23)21-12(10)22/h6-7,9,13H,5H2,1-4H3,(H,19,20,21,23)/t7-,9-,13-,15-/m1/s1. The Labute approximate surface area is 143 Å². The minimum absolute atomic E-state index is 0.0420. The van der Waals surface area contributed by atoms with E-state index >= 15 is 4.39 Å². The predicted octanol–water partition coefficient (Wildman–Crippen LogP) is 3.11. The van der Waals surface area contributed by atoms with Crippen molar-refractivity contribution in [3.8, 4) is 0 Å². The van der Waals surface area contributed by atoms with Gasteiger partial charge in [0, 0.05) is 12.8 Å².